The van der Waals surface area contributed by atoms with Gasteiger partial charge in [0.15, 0.2) is 5.82 Å². The minimum absolute atomic E-state index is 0.334. The zero-order chi connectivity index (χ0) is 16.5. The van der Waals surface area contributed by atoms with E-state index < -0.39 is 0 Å². The predicted molar refractivity (Wildman–Crippen MR) is 93.0 cm³/mol. The second kappa shape index (κ2) is 6.49. The molecule has 4 rings (SSSR count). The molecular weight excluding hydrogens is 324 g/mol. The maximum Gasteiger partial charge on any atom is 0.223 e. The summed E-state index contributed by atoms with van der Waals surface area (Å²) in [6, 6.07) is 10.0. The molecule has 1 saturated heterocycles. The van der Waals surface area contributed by atoms with Crippen LogP contribution in [0.25, 0.3) is 10.9 Å². The van der Waals surface area contributed by atoms with Crippen LogP contribution in [0.2, 0.25) is 5.02 Å². The van der Waals surface area contributed by atoms with Gasteiger partial charge in [-0.15, -0.1) is 0 Å². The number of likely N-dealkylation sites (tertiary alicyclic amines) is 1. The Balaban J connectivity index is 1.51. The van der Waals surface area contributed by atoms with Crippen molar-refractivity contribution in [1.82, 2.24) is 20.0 Å². The molecule has 2 aromatic heterocycles. The van der Waals surface area contributed by atoms with Gasteiger partial charge >= 0.3 is 0 Å². The highest BCUT2D eigenvalue weighted by atomic mass is 35.5. The molecular formula is C18H19ClN4O. The van der Waals surface area contributed by atoms with Crippen LogP contribution in [0, 0.1) is 6.92 Å². The van der Waals surface area contributed by atoms with E-state index in [1.807, 2.05) is 25.1 Å². The summed E-state index contributed by atoms with van der Waals surface area (Å²) in [6.07, 6.45) is 2.24. The summed E-state index contributed by atoms with van der Waals surface area (Å²) in [7, 11) is 0. The summed E-state index contributed by atoms with van der Waals surface area (Å²) in [4.78, 5) is 11.5. The van der Waals surface area contributed by atoms with Crippen LogP contribution in [-0.2, 0) is 6.54 Å². The molecule has 0 saturated carbocycles. The van der Waals surface area contributed by atoms with Gasteiger partial charge in [-0.3, -0.25) is 4.90 Å². The van der Waals surface area contributed by atoms with Crippen LogP contribution in [-0.4, -0.2) is 33.1 Å². The second-order valence-corrected chi connectivity index (χ2v) is 6.77. The first-order valence-electron chi connectivity index (χ1n) is 8.26. The monoisotopic (exact) mass is 342 g/mol. The third kappa shape index (κ3) is 3.14. The van der Waals surface area contributed by atoms with Crippen molar-refractivity contribution in [2.24, 2.45) is 0 Å². The Labute approximate surface area is 145 Å². The maximum absolute atomic E-state index is 6.27. The van der Waals surface area contributed by atoms with Gasteiger partial charge in [0.1, 0.15) is 0 Å². The quantitative estimate of drug-likeness (QED) is 0.721. The molecule has 6 heteroatoms. The Morgan fingerprint density at radius 1 is 1.25 bits per heavy atom. The number of nitrogens with zero attached hydrogens (tertiary/aromatic N) is 4. The van der Waals surface area contributed by atoms with E-state index >= 15 is 0 Å². The average molecular weight is 343 g/mol. The normalized spacial score (nSPS) is 19.0. The number of piperidine rings is 1. The second-order valence-electron chi connectivity index (χ2n) is 6.36. The number of rotatable bonds is 3. The molecule has 0 amide bonds. The van der Waals surface area contributed by atoms with Gasteiger partial charge in [-0.25, -0.2) is 4.98 Å². The first-order valence-corrected chi connectivity index (χ1v) is 8.63. The van der Waals surface area contributed by atoms with Crippen LogP contribution in [0.3, 0.4) is 0 Å². The van der Waals surface area contributed by atoms with E-state index in [1.165, 1.54) is 0 Å². The smallest absolute Gasteiger partial charge is 0.223 e. The molecule has 3 aromatic rings. The zero-order valence-electron chi connectivity index (χ0n) is 13.6. The van der Waals surface area contributed by atoms with Crippen molar-refractivity contribution in [3.63, 3.8) is 0 Å². The number of halogens is 1. The van der Waals surface area contributed by atoms with Gasteiger partial charge in [-0.1, -0.05) is 35.0 Å². The van der Waals surface area contributed by atoms with Crippen molar-refractivity contribution in [3.8, 4) is 0 Å². The van der Waals surface area contributed by atoms with E-state index in [9.17, 15) is 0 Å². The Bertz CT molecular complexity index is 863. The Kier molecular flexibility index (Phi) is 4.21. The summed E-state index contributed by atoms with van der Waals surface area (Å²) in [5.41, 5.74) is 1.92. The zero-order valence-corrected chi connectivity index (χ0v) is 14.3. The predicted octanol–water partition coefficient (Wildman–Crippen LogP) is 3.96. The van der Waals surface area contributed by atoms with Crippen LogP contribution in [0.5, 0.6) is 0 Å². The van der Waals surface area contributed by atoms with Crippen LogP contribution in [0.15, 0.2) is 34.9 Å². The lowest BCUT2D eigenvalue weighted by Crippen LogP contribution is -2.34. The van der Waals surface area contributed by atoms with Crippen molar-refractivity contribution in [1.29, 1.82) is 0 Å². The Morgan fingerprint density at radius 3 is 3.00 bits per heavy atom. The number of para-hydroxylation sites is 1. The number of pyridine rings is 1. The molecule has 124 valence electrons. The Hall–Kier alpha value is -1.98. The molecule has 1 aliphatic heterocycles. The molecule has 0 radical (unpaired) electrons. The number of benzene rings is 1. The summed E-state index contributed by atoms with van der Waals surface area (Å²) >= 11 is 6.27. The van der Waals surface area contributed by atoms with Crippen LogP contribution in [0.4, 0.5) is 0 Å². The summed E-state index contributed by atoms with van der Waals surface area (Å²) in [5.74, 6) is 1.79. The molecule has 0 N–H and O–H groups in total. The van der Waals surface area contributed by atoms with Gasteiger partial charge in [0.05, 0.1) is 16.2 Å². The van der Waals surface area contributed by atoms with E-state index in [-0.39, 0.29) is 0 Å². The highest BCUT2D eigenvalue weighted by molar-refractivity contribution is 6.35. The first kappa shape index (κ1) is 15.5. The first-order chi connectivity index (χ1) is 11.7. The van der Waals surface area contributed by atoms with E-state index in [1.54, 1.807) is 0 Å². The fourth-order valence-electron chi connectivity index (χ4n) is 3.36. The van der Waals surface area contributed by atoms with Gasteiger partial charge in [0.25, 0.3) is 0 Å². The van der Waals surface area contributed by atoms with Gasteiger partial charge in [0.2, 0.25) is 5.89 Å². The summed E-state index contributed by atoms with van der Waals surface area (Å²) < 4.78 is 5.13. The lowest BCUT2D eigenvalue weighted by molar-refractivity contribution is 0.193. The van der Waals surface area contributed by atoms with Crippen molar-refractivity contribution >= 4 is 22.5 Å². The number of hydrogen-bond acceptors (Lipinski definition) is 5. The molecule has 1 fully saturated rings. The van der Waals surface area contributed by atoms with Gasteiger partial charge in [0, 0.05) is 31.3 Å². The summed E-state index contributed by atoms with van der Waals surface area (Å²) in [5, 5.41) is 5.86. The van der Waals surface area contributed by atoms with Crippen molar-refractivity contribution < 1.29 is 4.52 Å². The molecule has 1 atom stereocenters. The van der Waals surface area contributed by atoms with E-state index in [4.69, 9.17) is 21.1 Å². The number of fused-ring (bicyclic) bond motifs is 1. The van der Waals surface area contributed by atoms with Crippen LogP contribution in [0.1, 0.15) is 36.2 Å². The van der Waals surface area contributed by atoms with Gasteiger partial charge in [-0.2, -0.15) is 4.98 Å². The number of aryl methyl sites for hydroxylation is 1. The van der Waals surface area contributed by atoms with Crippen molar-refractivity contribution in [3.05, 3.63) is 52.8 Å². The molecule has 1 aromatic carbocycles. The fraction of sp³-hybridized carbons (Fsp3) is 0.389. The number of aromatic nitrogens is 3. The minimum atomic E-state index is 0.334. The van der Waals surface area contributed by atoms with Gasteiger partial charge in [-0.05, 0) is 31.5 Å². The molecule has 3 heterocycles. The number of hydrogen-bond donors (Lipinski definition) is 0. The minimum Gasteiger partial charge on any atom is -0.340 e. The van der Waals surface area contributed by atoms with Gasteiger partial charge < -0.3 is 4.52 Å². The topological polar surface area (TPSA) is 55.1 Å². The molecule has 0 aliphatic carbocycles. The standard InChI is InChI=1S/C18H19ClN4O/c1-12-20-18(22-24-12)14-5-3-9-23(10-14)11-15-8-7-13-4-2-6-16(19)17(13)21-15/h2,4,6-8,14H,3,5,9-11H2,1H3. The molecule has 0 spiro atoms. The van der Waals surface area contributed by atoms with Crippen LogP contribution >= 0.6 is 11.6 Å². The third-order valence-corrected chi connectivity index (χ3v) is 4.83. The van der Waals surface area contributed by atoms with Crippen molar-refractivity contribution in [2.45, 2.75) is 32.2 Å². The highest BCUT2D eigenvalue weighted by Crippen LogP contribution is 2.27. The maximum atomic E-state index is 6.27. The summed E-state index contributed by atoms with van der Waals surface area (Å²) in [6.45, 7) is 4.64. The third-order valence-electron chi connectivity index (χ3n) is 4.53. The average Bonchev–Trinajstić information content (AvgIpc) is 3.03. The fourth-order valence-corrected chi connectivity index (χ4v) is 3.58. The lowest BCUT2D eigenvalue weighted by Gasteiger charge is -2.30. The Morgan fingerprint density at radius 2 is 2.17 bits per heavy atom. The van der Waals surface area contributed by atoms with E-state index in [0.717, 1.165) is 54.9 Å². The molecule has 1 aliphatic rings. The molecule has 5 nitrogen and oxygen atoms in total. The van der Waals surface area contributed by atoms with Crippen molar-refractivity contribution in [2.75, 3.05) is 13.1 Å². The van der Waals surface area contributed by atoms with Crippen LogP contribution < -0.4 is 0 Å². The molecule has 1 unspecified atom stereocenters. The SMILES string of the molecule is Cc1nc(C2CCCN(Cc3ccc4cccc(Cl)c4n3)C2)no1. The van der Waals surface area contributed by atoms with E-state index in [0.29, 0.717) is 16.8 Å². The molecule has 24 heavy (non-hydrogen) atoms. The highest BCUT2D eigenvalue weighted by Gasteiger charge is 2.25. The van der Waals surface area contributed by atoms with E-state index in [2.05, 4.69) is 27.2 Å². The largest absolute Gasteiger partial charge is 0.340 e. The lowest BCUT2D eigenvalue weighted by atomic mass is 9.97. The molecule has 0 bridgehead atoms.